The molecule has 2 aromatic heterocycles. The highest BCUT2D eigenvalue weighted by molar-refractivity contribution is 7.03. The smallest absolute Gasteiger partial charge is 0.280 e. The minimum absolute atomic E-state index is 0.201. The Hall–Kier alpha value is -3.13. The lowest BCUT2D eigenvalue weighted by molar-refractivity contribution is -0.124. The molecular weight excluding hydrogens is 410 g/mol. The topological polar surface area (TPSA) is 88.1 Å². The van der Waals surface area contributed by atoms with Crippen LogP contribution in [0.5, 0.6) is 0 Å². The fourth-order valence-electron chi connectivity index (χ4n) is 3.20. The molecule has 2 amide bonds. The van der Waals surface area contributed by atoms with E-state index in [9.17, 15) is 9.59 Å². The summed E-state index contributed by atoms with van der Waals surface area (Å²) >= 11 is 1.10. The number of carbonyl (C=O) groups excluding carboxylic acids is 2. The number of rotatable bonds is 7. The largest absolute Gasteiger partial charge is 0.349 e. The van der Waals surface area contributed by atoms with E-state index in [0.717, 1.165) is 29.1 Å². The number of aromatic nitrogens is 3. The lowest BCUT2D eigenvalue weighted by Gasteiger charge is -2.35. The highest BCUT2D eigenvalue weighted by Gasteiger charge is 2.37. The first-order chi connectivity index (χ1) is 14.7. The minimum Gasteiger partial charge on any atom is -0.349 e. The number of pyridine rings is 1. The van der Waals surface area contributed by atoms with Gasteiger partial charge in [-0.15, -0.1) is 5.10 Å². The van der Waals surface area contributed by atoms with Gasteiger partial charge in [-0.2, -0.15) is 0 Å². The Morgan fingerprint density at radius 1 is 1.16 bits per heavy atom. The standard InChI is InChI=1S/C23H27N5O2S/c1-6-23(4,5)25-21(29)20(17-10-12-24-13-11-17)28(22(30)18-14-31-27-26-18)19-9-7-8-15(2)16(19)3/h7-14,20H,6H2,1-5H3,(H,25,29)/t20-/m1/s1. The number of aryl methyl sites for hydroxylation is 1. The molecule has 2 heterocycles. The number of amides is 2. The number of anilines is 1. The van der Waals surface area contributed by atoms with Crippen molar-refractivity contribution in [2.75, 3.05) is 4.90 Å². The van der Waals surface area contributed by atoms with Gasteiger partial charge in [-0.05, 0) is 80.5 Å². The van der Waals surface area contributed by atoms with Gasteiger partial charge in [0, 0.05) is 29.0 Å². The molecule has 31 heavy (non-hydrogen) atoms. The van der Waals surface area contributed by atoms with Gasteiger partial charge in [0.05, 0.1) is 0 Å². The van der Waals surface area contributed by atoms with Gasteiger partial charge in [0.1, 0.15) is 6.04 Å². The van der Waals surface area contributed by atoms with Crippen LogP contribution in [-0.4, -0.2) is 31.9 Å². The van der Waals surface area contributed by atoms with Crippen molar-refractivity contribution in [3.8, 4) is 0 Å². The van der Waals surface area contributed by atoms with Crippen LogP contribution in [-0.2, 0) is 4.79 Å². The number of hydrogen-bond acceptors (Lipinski definition) is 6. The third-order valence-electron chi connectivity index (χ3n) is 5.51. The SMILES string of the molecule is CCC(C)(C)NC(=O)[C@@H](c1ccncc1)N(C(=O)c1csnn1)c1cccc(C)c1C. The van der Waals surface area contributed by atoms with Crippen molar-refractivity contribution in [3.63, 3.8) is 0 Å². The second-order valence-electron chi connectivity index (χ2n) is 8.09. The van der Waals surface area contributed by atoms with Crippen molar-refractivity contribution < 1.29 is 9.59 Å². The molecule has 3 aromatic rings. The summed E-state index contributed by atoms with van der Waals surface area (Å²) in [5.74, 6) is -0.649. The molecule has 3 rings (SSSR count). The van der Waals surface area contributed by atoms with E-state index in [4.69, 9.17) is 0 Å². The van der Waals surface area contributed by atoms with Gasteiger partial charge >= 0.3 is 0 Å². The Kier molecular flexibility index (Phi) is 6.80. The second-order valence-corrected chi connectivity index (χ2v) is 8.70. The van der Waals surface area contributed by atoms with Crippen molar-refractivity contribution in [1.82, 2.24) is 19.9 Å². The van der Waals surface area contributed by atoms with E-state index in [2.05, 4.69) is 19.9 Å². The summed E-state index contributed by atoms with van der Waals surface area (Å²) in [6, 6.07) is 8.33. The molecule has 0 radical (unpaired) electrons. The summed E-state index contributed by atoms with van der Waals surface area (Å²) in [6.07, 6.45) is 3.99. The van der Waals surface area contributed by atoms with Crippen LogP contribution in [0.1, 0.15) is 60.4 Å². The van der Waals surface area contributed by atoms with Crippen molar-refractivity contribution in [3.05, 3.63) is 70.5 Å². The summed E-state index contributed by atoms with van der Waals surface area (Å²) in [4.78, 5) is 32.9. The van der Waals surface area contributed by atoms with Gasteiger partial charge in [0.2, 0.25) is 5.91 Å². The molecular formula is C23H27N5O2S. The summed E-state index contributed by atoms with van der Waals surface area (Å²) in [7, 11) is 0. The Labute approximate surface area is 186 Å². The summed E-state index contributed by atoms with van der Waals surface area (Å²) in [5.41, 5.74) is 3.03. The lowest BCUT2D eigenvalue weighted by atomic mass is 9.97. The predicted molar refractivity (Wildman–Crippen MR) is 122 cm³/mol. The highest BCUT2D eigenvalue weighted by Crippen LogP contribution is 2.33. The summed E-state index contributed by atoms with van der Waals surface area (Å²) in [6.45, 7) is 9.86. The number of nitrogens with one attached hydrogen (secondary N) is 1. The molecule has 0 aliphatic rings. The first kappa shape index (κ1) is 22.6. The monoisotopic (exact) mass is 437 g/mol. The predicted octanol–water partition coefficient (Wildman–Crippen LogP) is 4.24. The molecule has 7 nitrogen and oxygen atoms in total. The third-order valence-corrected chi connectivity index (χ3v) is 6.01. The maximum atomic E-state index is 13.7. The Morgan fingerprint density at radius 3 is 2.48 bits per heavy atom. The molecule has 1 aromatic carbocycles. The minimum atomic E-state index is -0.900. The number of nitrogens with zero attached hydrogens (tertiary/aromatic N) is 4. The number of hydrogen-bond donors (Lipinski definition) is 1. The van der Waals surface area contributed by atoms with Gasteiger partial charge < -0.3 is 5.32 Å². The fraction of sp³-hybridized carbons (Fsp3) is 0.348. The Morgan fingerprint density at radius 2 is 1.87 bits per heavy atom. The fourth-order valence-corrected chi connectivity index (χ4v) is 3.63. The van der Waals surface area contributed by atoms with Crippen molar-refractivity contribution in [2.24, 2.45) is 0 Å². The van der Waals surface area contributed by atoms with Crippen molar-refractivity contribution in [1.29, 1.82) is 0 Å². The molecule has 0 saturated carbocycles. The second kappa shape index (κ2) is 9.34. The molecule has 1 atom stereocenters. The molecule has 0 aliphatic carbocycles. The number of carbonyl (C=O) groups is 2. The van der Waals surface area contributed by atoms with Crippen LogP contribution >= 0.6 is 11.5 Å². The first-order valence-corrected chi connectivity index (χ1v) is 11.0. The maximum absolute atomic E-state index is 13.7. The van der Waals surface area contributed by atoms with Gasteiger partial charge in [-0.25, -0.2) is 0 Å². The van der Waals surface area contributed by atoms with E-state index in [-0.39, 0.29) is 17.5 Å². The molecule has 0 unspecified atom stereocenters. The van der Waals surface area contributed by atoms with E-state index >= 15 is 0 Å². The van der Waals surface area contributed by atoms with Gasteiger partial charge in [-0.1, -0.05) is 23.5 Å². The summed E-state index contributed by atoms with van der Waals surface area (Å²) in [5, 5.41) is 8.67. The molecule has 0 saturated heterocycles. The zero-order chi connectivity index (χ0) is 22.6. The van der Waals surface area contributed by atoms with Gasteiger partial charge in [-0.3, -0.25) is 19.5 Å². The Bertz CT molecular complexity index is 1050. The average molecular weight is 438 g/mol. The first-order valence-electron chi connectivity index (χ1n) is 10.1. The van der Waals surface area contributed by atoms with Crippen LogP contribution in [0.2, 0.25) is 0 Å². The van der Waals surface area contributed by atoms with E-state index in [1.807, 2.05) is 52.8 Å². The lowest BCUT2D eigenvalue weighted by Crippen LogP contribution is -2.50. The van der Waals surface area contributed by atoms with E-state index in [1.165, 1.54) is 4.90 Å². The highest BCUT2D eigenvalue weighted by atomic mass is 32.1. The zero-order valence-electron chi connectivity index (χ0n) is 18.4. The van der Waals surface area contributed by atoms with Crippen LogP contribution in [0.15, 0.2) is 48.1 Å². The van der Waals surface area contributed by atoms with Gasteiger partial charge in [0.15, 0.2) is 5.69 Å². The average Bonchev–Trinajstić information content (AvgIpc) is 3.29. The van der Waals surface area contributed by atoms with Crippen molar-refractivity contribution in [2.45, 2.75) is 52.6 Å². The molecule has 0 bridgehead atoms. The molecule has 162 valence electrons. The maximum Gasteiger partial charge on any atom is 0.280 e. The van der Waals surface area contributed by atoms with Crippen LogP contribution in [0.4, 0.5) is 5.69 Å². The van der Waals surface area contributed by atoms with Crippen LogP contribution in [0, 0.1) is 13.8 Å². The van der Waals surface area contributed by atoms with E-state index in [1.54, 1.807) is 29.9 Å². The number of benzene rings is 1. The van der Waals surface area contributed by atoms with Crippen LogP contribution < -0.4 is 10.2 Å². The van der Waals surface area contributed by atoms with E-state index < -0.39 is 11.6 Å². The summed E-state index contributed by atoms with van der Waals surface area (Å²) < 4.78 is 3.84. The van der Waals surface area contributed by atoms with Crippen molar-refractivity contribution >= 4 is 29.0 Å². The quantitative estimate of drug-likeness (QED) is 0.597. The molecule has 1 N–H and O–H groups in total. The molecule has 0 spiro atoms. The van der Waals surface area contributed by atoms with Crippen LogP contribution in [0.3, 0.4) is 0 Å². The van der Waals surface area contributed by atoms with E-state index in [0.29, 0.717) is 11.3 Å². The third kappa shape index (κ3) is 4.96. The van der Waals surface area contributed by atoms with Gasteiger partial charge in [0.25, 0.3) is 5.91 Å². The Balaban J connectivity index is 2.21. The normalized spacial score (nSPS) is 12.3. The molecule has 0 fully saturated rings. The molecule has 0 aliphatic heterocycles. The zero-order valence-corrected chi connectivity index (χ0v) is 19.2. The molecule has 8 heteroatoms. The van der Waals surface area contributed by atoms with Crippen LogP contribution in [0.25, 0.3) is 0 Å².